The summed E-state index contributed by atoms with van der Waals surface area (Å²) in [5.41, 5.74) is 0. The summed E-state index contributed by atoms with van der Waals surface area (Å²) >= 11 is 0. The second kappa shape index (κ2) is 6.71. The van der Waals surface area contributed by atoms with E-state index in [4.69, 9.17) is 17.7 Å². The van der Waals surface area contributed by atoms with Crippen molar-refractivity contribution >= 4 is 9.05 Å². The Balaban J connectivity index is 2.49. The van der Waals surface area contributed by atoms with Crippen molar-refractivity contribution in [2.75, 3.05) is 21.3 Å². The van der Waals surface area contributed by atoms with Crippen LogP contribution in [0, 0.1) is 5.92 Å². The van der Waals surface area contributed by atoms with E-state index in [1.54, 1.807) is 21.3 Å². The summed E-state index contributed by atoms with van der Waals surface area (Å²) in [6, 6.07) is 0. The molecule has 0 amide bonds. The van der Waals surface area contributed by atoms with E-state index in [0.717, 1.165) is 0 Å². The van der Waals surface area contributed by atoms with Crippen LogP contribution in [0.15, 0.2) is 0 Å². The molecular formula is C11H24O4Si. The molecule has 5 heteroatoms. The predicted octanol–water partition coefficient (Wildman–Crippen LogP) is 2.35. The Hall–Kier alpha value is 0.0569. The van der Waals surface area contributed by atoms with Crippen molar-refractivity contribution in [2.24, 2.45) is 5.92 Å². The van der Waals surface area contributed by atoms with Gasteiger partial charge in [0.15, 0.2) is 0 Å². The van der Waals surface area contributed by atoms with Crippen LogP contribution >= 0.6 is 0 Å². The van der Waals surface area contributed by atoms with E-state index in [1.165, 1.54) is 32.1 Å². The Morgan fingerprint density at radius 3 is 1.88 bits per heavy atom. The molecule has 1 aliphatic carbocycles. The fourth-order valence-electron chi connectivity index (χ4n) is 2.32. The molecule has 1 rings (SSSR count). The van der Waals surface area contributed by atoms with Crippen molar-refractivity contribution in [3.05, 3.63) is 0 Å². The van der Waals surface area contributed by atoms with Crippen LogP contribution in [0.4, 0.5) is 0 Å². The SMILES string of the molecule is CO[Si](OC)(OC)OC(C)C1CCCCC1. The van der Waals surface area contributed by atoms with Gasteiger partial charge in [-0.2, -0.15) is 0 Å². The summed E-state index contributed by atoms with van der Waals surface area (Å²) in [5.74, 6) is 0.612. The van der Waals surface area contributed by atoms with E-state index in [0.29, 0.717) is 5.92 Å². The molecule has 0 radical (unpaired) electrons. The summed E-state index contributed by atoms with van der Waals surface area (Å²) < 4.78 is 21.7. The lowest BCUT2D eigenvalue weighted by atomic mass is 9.86. The van der Waals surface area contributed by atoms with E-state index >= 15 is 0 Å². The van der Waals surface area contributed by atoms with E-state index in [9.17, 15) is 0 Å². The molecule has 0 heterocycles. The third-order valence-electron chi connectivity index (χ3n) is 3.39. The van der Waals surface area contributed by atoms with Gasteiger partial charge < -0.3 is 17.7 Å². The van der Waals surface area contributed by atoms with E-state index < -0.39 is 9.05 Å². The van der Waals surface area contributed by atoms with Gasteiger partial charge >= 0.3 is 9.05 Å². The molecule has 0 saturated heterocycles. The van der Waals surface area contributed by atoms with Gasteiger partial charge in [0.25, 0.3) is 0 Å². The van der Waals surface area contributed by atoms with Gasteiger partial charge in [0.05, 0.1) is 6.10 Å². The molecule has 4 nitrogen and oxygen atoms in total. The van der Waals surface area contributed by atoms with Gasteiger partial charge in [-0.25, -0.2) is 0 Å². The van der Waals surface area contributed by atoms with Crippen molar-refractivity contribution in [3.8, 4) is 0 Å². The minimum Gasteiger partial charge on any atom is -0.355 e. The molecule has 0 aromatic rings. The summed E-state index contributed by atoms with van der Waals surface area (Å²) in [4.78, 5) is 0. The first-order valence-electron chi connectivity index (χ1n) is 6.00. The molecule has 1 saturated carbocycles. The zero-order chi connectivity index (χ0) is 12.0. The summed E-state index contributed by atoms with van der Waals surface area (Å²) in [7, 11) is 1.86. The first-order chi connectivity index (χ1) is 7.67. The molecule has 96 valence electrons. The quantitative estimate of drug-likeness (QED) is 0.676. The van der Waals surface area contributed by atoms with Crippen LogP contribution in [0.5, 0.6) is 0 Å². The lowest BCUT2D eigenvalue weighted by Crippen LogP contribution is -2.50. The molecule has 16 heavy (non-hydrogen) atoms. The maximum absolute atomic E-state index is 5.90. The highest BCUT2D eigenvalue weighted by molar-refractivity contribution is 6.53. The number of hydrogen-bond donors (Lipinski definition) is 0. The van der Waals surface area contributed by atoms with Crippen LogP contribution in [0.1, 0.15) is 39.0 Å². The average Bonchev–Trinajstić information content (AvgIpc) is 2.37. The van der Waals surface area contributed by atoms with Crippen molar-refractivity contribution in [3.63, 3.8) is 0 Å². The molecule has 0 aromatic heterocycles. The number of rotatable bonds is 6. The fraction of sp³-hybridized carbons (Fsp3) is 1.00. The lowest BCUT2D eigenvalue weighted by Gasteiger charge is -2.32. The number of hydrogen-bond acceptors (Lipinski definition) is 4. The highest BCUT2D eigenvalue weighted by Crippen LogP contribution is 2.29. The monoisotopic (exact) mass is 248 g/mol. The van der Waals surface area contributed by atoms with Gasteiger partial charge in [0.2, 0.25) is 0 Å². The van der Waals surface area contributed by atoms with Crippen LogP contribution in [0.2, 0.25) is 0 Å². The van der Waals surface area contributed by atoms with Crippen LogP contribution in [-0.4, -0.2) is 36.5 Å². The molecule has 1 unspecified atom stereocenters. The van der Waals surface area contributed by atoms with E-state index in [-0.39, 0.29) is 6.10 Å². The second-order valence-electron chi connectivity index (χ2n) is 4.33. The molecule has 0 aliphatic heterocycles. The van der Waals surface area contributed by atoms with Gasteiger partial charge in [-0.15, -0.1) is 0 Å². The lowest BCUT2D eigenvalue weighted by molar-refractivity contribution is -0.0376. The Kier molecular flexibility index (Phi) is 5.92. The average molecular weight is 248 g/mol. The molecule has 1 atom stereocenters. The molecule has 0 spiro atoms. The van der Waals surface area contributed by atoms with Gasteiger partial charge in [0, 0.05) is 21.3 Å². The molecular weight excluding hydrogens is 224 g/mol. The zero-order valence-corrected chi connectivity index (χ0v) is 11.8. The first-order valence-corrected chi connectivity index (χ1v) is 7.64. The Morgan fingerprint density at radius 1 is 0.938 bits per heavy atom. The maximum atomic E-state index is 5.90. The zero-order valence-electron chi connectivity index (χ0n) is 10.8. The molecule has 0 N–H and O–H groups in total. The van der Waals surface area contributed by atoms with Gasteiger partial charge in [0.1, 0.15) is 0 Å². The largest absolute Gasteiger partial charge is 0.679 e. The molecule has 0 bridgehead atoms. The van der Waals surface area contributed by atoms with Crippen molar-refractivity contribution < 1.29 is 17.7 Å². The van der Waals surface area contributed by atoms with Crippen LogP contribution < -0.4 is 0 Å². The summed E-state index contributed by atoms with van der Waals surface area (Å²) in [5, 5.41) is 0. The highest BCUT2D eigenvalue weighted by atomic mass is 28.4. The summed E-state index contributed by atoms with van der Waals surface area (Å²) in [6.45, 7) is 2.09. The molecule has 0 aromatic carbocycles. The van der Waals surface area contributed by atoms with E-state index in [1.807, 2.05) is 0 Å². The second-order valence-corrected chi connectivity index (χ2v) is 6.79. The van der Waals surface area contributed by atoms with Crippen molar-refractivity contribution in [1.82, 2.24) is 0 Å². The molecule has 1 fully saturated rings. The van der Waals surface area contributed by atoms with E-state index in [2.05, 4.69) is 6.92 Å². The van der Waals surface area contributed by atoms with Crippen LogP contribution in [0.3, 0.4) is 0 Å². The smallest absolute Gasteiger partial charge is 0.355 e. The van der Waals surface area contributed by atoms with Gasteiger partial charge in [-0.1, -0.05) is 19.3 Å². The van der Waals surface area contributed by atoms with Crippen LogP contribution in [-0.2, 0) is 17.7 Å². The third kappa shape index (κ3) is 3.53. The van der Waals surface area contributed by atoms with Crippen molar-refractivity contribution in [1.29, 1.82) is 0 Å². The Morgan fingerprint density at radius 2 is 1.44 bits per heavy atom. The van der Waals surface area contributed by atoms with Gasteiger partial charge in [-0.3, -0.25) is 0 Å². The fourth-order valence-corrected chi connectivity index (χ4v) is 3.76. The highest BCUT2D eigenvalue weighted by Gasteiger charge is 2.45. The normalized spacial score (nSPS) is 21.0. The Labute approximate surface area is 99.7 Å². The predicted molar refractivity (Wildman–Crippen MR) is 63.9 cm³/mol. The minimum atomic E-state index is -2.86. The van der Waals surface area contributed by atoms with Gasteiger partial charge in [-0.05, 0) is 25.7 Å². The third-order valence-corrected chi connectivity index (χ3v) is 5.55. The van der Waals surface area contributed by atoms with Crippen molar-refractivity contribution in [2.45, 2.75) is 45.1 Å². The first kappa shape index (κ1) is 14.1. The minimum absolute atomic E-state index is 0.145. The maximum Gasteiger partial charge on any atom is 0.679 e. The summed E-state index contributed by atoms with van der Waals surface area (Å²) in [6.07, 6.45) is 6.59. The Bertz CT molecular complexity index is 182. The molecule has 1 aliphatic rings. The topological polar surface area (TPSA) is 36.9 Å². The standard InChI is InChI=1S/C11H24O4Si/c1-10(11-8-6-5-7-9-11)15-16(12-2,13-3)14-4/h10-11H,5-9H2,1-4H3. The van der Waals surface area contributed by atoms with Crippen LogP contribution in [0.25, 0.3) is 0 Å².